The molecule has 0 spiro atoms. The van der Waals surface area contributed by atoms with Crippen LogP contribution >= 0.6 is 0 Å². The lowest BCUT2D eigenvalue weighted by molar-refractivity contribution is -0.222. The van der Waals surface area contributed by atoms with Gasteiger partial charge in [-0.3, -0.25) is 0 Å². The van der Waals surface area contributed by atoms with Crippen molar-refractivity contribution >= 4 is 23.6 Å². The summed E-state index contributed by atoms with van der Waals surface area (Å²) in [6.07, 6.45) is 1.11. The van der Waals surface area contributed by atoms with Gasteiger partial charge in [-0.05, 0) is 13.8 Å². The zero-order valence-electron chi connectivity index (χ0n) is 16.4. The van der Waals surface area contributed by atoms with Crippen LogP contribution in [0.5, 0.6) is 11.5 Å². The molecule has 1 heterocycles. The van der Waals surface area contributed by atoms with Crippen molar-refractivity contribution in [2.45, 2.75) is 33.5 Å². The largest absolute Gasteiger partial charge is 0.490 e. The summed E-state index contributed by atoms with van der Waals surface area (Å²) in [4.78, 5) is 36.3. The smallest absolute Gasteiger partial charge is 0.350 e. The molecule has 0 unspecified atom stereocenters. The lowest BCUT2D eigenvalue weighted by Gasteiger charge is -2.29. The van der Waals surface area contributed by atoms with E-state index in [1.807, 2.05) is 0 Å². The number of ether oxygens (including phenoxy) is 5. The van der Waals surface area contributed by atoms with Crippen molar-refractivity contribution in [3.63, 3.8) is 0 Å². The van der Waals surface area contributed by atoms with Crippen LogP contribution in [0.25, 0.3) is 0 Å². The van der Waals surface area contributed by atoms with E-state index in [4.69, 9.17) is 23.7 Å². The van der Waals surface area contributed by atoms with Gasteiger partial charge in [0.05, 0.1) is 31.6 Å². The zero-order valence-corrected chi connectivity index (χ0v) is 16.4. The summed E-state index contributed by atoms with van der Waals surface area (Å²) in [5.74, 6) is -2.92. The lowest BCUT2D eigenvalue weighted by atomic mass is 10.1. The lowest BCUT2D eigenvalue weighted by Crippen LogP contribution is -2.42. The van der Waals surface area contributed by atoms with Crippen molar-refractivity contribution in [2.24, 2.45) is 0 Å². The van der Waals surface area contributed by atoms with Crippen molar-refractivity contribution < 1.29 is 38.1 Å². The van der Waals surface area contributed by atoms with Gasteiger partial charge in [0, 0.05) is 32.2 Å². The maximum atomic E-state index is 12.2. The Bertz CT molecular complexity index is 790. The van der Waals surface area contributed by atoms with E-state index in [9.17, 15) is 14.4 Å². The molecule has 1 fully saturated rings. The Morgan fingerprint density at radius 3 is 2.11 bits per heavy atom. The Labute approximate surface area is 162 Å². The van der Waals surface area contributed by atoms with Crippen LogP contribution in [-0.4, -0.2) is 44.0 Å². The molecule has 1 aliphatic rings. The summed E-state index contributed by atoms with van der Waals surface area (Å²) in [6, 6.07) is 2.98. The molecule has 0 radical (unpaired) electrons. The van der Waals surface area contributed by atoms with Crippen molar-refractivity contribution in [1.29, 1.82) is 0 Å². The van der Waals surface area contributed by atoms with E-state index in [-0.39, 0.29) is 16.8 Å². The fourth-order valence-corrected chi connectivity index (χ4v) is 2.42. The first-order valence-corrected chi connectivity index (χ1v) is 8.67. The van der Waals surface area contributed by atoms with Gasteiger partial charge in [0.25, 0.3) is 5.79 Å². The molecule has 0 amide bonds. The molecule has 2 rings (SSSR count). The van der Waals surface area contributed by atoms with E-state index >= 15 is 0 Å². The van der Waals surface area contributed by atoms with E-state index in [0.717, 1.165) is 6.20 Å². The minimum absolute atomic E-state index is 0.129. The standard InChI is InChI=1S/C19H23NO8/c1-6-25-14-8-11(16(21)24-5)13(9-15(14)26-7-2)20-10-12-17(22)27-19(3,4)28-18(12)23/h8-10,20H,6-7H2,1-5H3. The fourth-order valence-electron chi connectivity index (χ4n) is 2.42. The number of rotatable bonds is 7. The van der Waals surface area contributed by atoms with E-state index < -0.39 is 23.7 Å². The molecular weight excluding hydrogens is 370 g/mol. The number of esters is 3. The SMILES string of the molecule is CCOc1cc(NC=C2C(=O)OC(C)(C)OC2=O)c(C(=O)OC)cc1OCC. The number of anilines is 1. The van der Waals surface area contributed by atoms with E-state index in [1.54, 1.807) is 13.8 Å². The van der Waals surface area contributed by atoms with Crippen molar-refractivity contribution in [3.05, 3.63) is 29.5 Å². The van der Waals surface area contributed by atoms with E-state index in [2.05, 4.69) is 5.32 Å². The van der Waals surface area contributed by atoms with Crippen LogP contribution < -0.4 is 14.8 Å². The Morgan fingerprint density at radius 1 is 1.07 bits per heavy atom. The van der Waals surface area contributed by atoms with Crippen molar-refractivity contribution in [1.82, 2.24) is 0 Å². The number of methoxy groups -OCH3 is 1. The zero-order chi connectivity index (χ0) is 20.9. The van der Waals surface area contributed by atoms with Gasteiger partial charge in [0.1, 0.15) is 0 Å². The summed E-state index contributed by atoms with van der Waals surface area (Å²) in [6.45, 7) is 7.23. The molecule has 0 bridgehead atoms. The topological polar surface area (TPSA) is 109 Å². The molecule has 0 atom stereocenters. The number of cyclic esters (lactones) is 2. The molecule has 1 N–H and O–H groups in total. The highest BCUT2D eigenvalue weighted by molar-refractivity contribution is 6.15. The quantitative estimate of drug-likeness (QED) is 0.424. The molecule has 1 aromatic carbocycles. The highest BCUT2D eigenvalue weighted by Gasteiger charge is 2.39. The number of carbonyl (C=O) groups excluding carboxylic acids is 3. The van der Waals surface area contributed by atoms with Gasteiger partial charge >= 0.3 is 17.9 Å². The monoisotopic (exact) mass is 393 g/mol. The molecular formula is C19H23NO8. The second-order valence-electron chi connectivity index (χ2n) is 6.08. The maximum Gasteiger partial charge on any atom is 0.350 e. The number of nitrogens with one attached hydrogen (secondary N) is 1. The Balaban J connectivity index is 2.42. The second kappa shape index (κ2) is 8.64. The molecule has 0 saturated carbocycles. The molecule has 1 aliphatic heterocycles. The number of hydrogen-bond donors (Lipinski definition) is 1. The summed E-state index contributed by atoms with van der Waals surface area (Å²) in [5, 5.41) is 2.75. The normalized spacial score (nSPS) is 15.2. The molecule has 0 aromatic heterocycles. The Hall–Kier alpha value is -3.23. The van der Waals surface area contributed by atoms with Crippen molar-refractivity contribution in [3.8, 4) is 11.5 Å². The summed E-state index contributed by atoms with van der Waals surface area (Å²) < 4.78 is 25.9. The van der Waals surface area contributed by atoms with Gasteiger partial charge in [0.2, 0.25) is 0 Å². The minimum Gasteiger partial charge on any atom is -0.490 e. The molecule has 1 aromatic rings. The third kappa shape index (κ3) is 4.73. The van der Waals surface area contributed by atoms with Gasteiger partial charge in [-0.2, -0.15) is 0 Å². The van der Waals surface area contributed by atoms with Gasteiger partial charge in [-0.25, -0.2) is 14.4 Å². The van der Waals surface area contributed by atoms with Crippen molar-refractivity contribution in [2.75, 3.05) is 25.6 Å². The first-order chi connectivity index (χ1) is 13.2. The summed E-state index contributed by atoms with van der Waals surface area (Å²) >= 11 is 0. The molecule has 0 aliphatic carbocycles. The van der Waals surface area contributed by atoms with Crippen LogP contribution in [0.1, 0.15) is 38.1 Å². The molecule has 9 nitrogen and oxygen atoms in total. The fraction of sp³-hybridized carbons (Fsp3) is 0.421. The van der Waals surface area contributed by atoms with Crippen LogP contribution in [-0.2, 0) is 23.8 Å². The van der Waals surface area contributed by atoms with Gasteiger partial charge in [0.15, 0.2) is 17.1 Å². The van der Waals surface area contributed by atoms with Gasteiger partial charge in [-0.1, -0.05) is 0 Å². The van der Waals surface area contributed by atoms with E-state index in [1.165, 1.54) is 33.1 Å². The van der Waals surface area contributed by atoms with Gasteiger partial charge < -0.3 is 29.0 Å². The third-order valence-corrected chi connectivity index (χ3v) is 3.58. The highest BCUT2D eigenvalue weighted by atomic mass is 16.7. The maximum absolute atomic E-state index is 12.2. The number of carbonyl (C=O) groups is 3. The van der Waals surface area contributed by atoms with E-state index in [0.29, 0.717) is 24.7 Å². The Morgan fingerprint density at radius 2 is 1.61 bits per heavy atom. The molecule has 9 heteroatoms. The molecule has 28 heavy (non-hydrogen) atoms. The summed E-state index contributed by atoms with van der Waals surface area (Å²) in [5.41, 5.74) is 0.0304. The average Bonchev–Trinajstić information content (AvgIpc) is 2.61. The van der Waals surface area contributed by atoms with Gasteiger partial charge in [-0.15, -0.1) is 0 Å². The highest BCUT2D eigenvalue weighted by Crippen LogP contribution is 2.35. The summed E-state index contributed by atoms with van der Waals surface area (Å²) in [7, 11) is 1.24. The third-order valence-electron chi connectivity index (χ3n) is 3.58. The predicted octanol–water partition coefficient (Wildman–Crippen LogP) is 2.40. The van der Waals surface area contributed by atoms with Crippen LogP contribution in [0.4, 0.5) is 5.69 Å². The number of hydrogen-bond acceptors (Lipinski definition) is 9. The predicted molar refractivity (Wildman–Crippen MR) is 98.1 cm³/mol. The number of benzene rings is 1. The second-order valence-corrected chi connectivity index (χ2v) is 6.08. The van der Waals surface area contributed by atoms with Crippen LogP contribution in [0, 0.1) is 0 Å². The first kappa shape index (κ1) is 21.1. The molecule has 152 valence electrons. The molecule has 1 saturated heterocycles. The van der Waals surface area contributed by atoms with Crippen LogP contribution in [0.2, 0.25) is 0 Å². The minimum atomic E-state index is -1.34. The van der Waals surface area contributed by atoms with Crippen LogP contribution in [0.3, 0.4) is 0 Å². The first-order valence-electron chi connectivity index (χ1n) is 8.67. The van der Waals surface area contributed by atoms with Crippen LogP contribution in [0.15, 0.2) is 23.9 Å². The average molecular weight is 393 g/mol. The Kier molecular flexibility index (Phi) is 6.50.